The van der Waals surface area contributed by atoms with Crippen LogP contribution in [0.5, 0.6) is 11.6 Å². The van der Waals surface area contributed by atoms with Crippen molar-refractivity contribution in [3.8, 4) is 11.6 Å². The van der Waals surface area contributed by atoms with Crippen LogP contribution in [-0.4, -0.2) is 10.1 Å². The summed E-state index contributed by atoms with van der Waals surface area (Å²) in [7, 11) is 0. The number of halogens is 1. The fourth-order valence-electron chi connectivity index (χ4n) is 2.01. The third-order valence-corrected chi connectivity index (χ3v) is 3.80. The van der Waals surface area contributed by atoms with Crippen LogP contribution in [0.4, 0.5) is 0 Å². The van der Waals surface area contributed by atoms with Crippen molar-refractivity contribution in [3.63, 3.8) is 0 Å². The number of nitrogens with zero attached hydrogens (tertiary/aromatic N) is 1. The quantitative estimate of drug-likeness (QED) is 0.779. The van der Waals surface area contributed by atoms with Gasteiger partial charge in [0.15, 0.2) is 0 Å². The van der Waals surface area contributed by atoms with Crippen molar-refractivity contribution in [2.45, 2.75) is 6.61 Å². The van der Waals surface area contributed by atoms with Gasteiger partial charge in [-0.1, -0.05) is 36.4 Å². The third-order valence-electron chi connectivity index (χ3n) is 2.99. The second kappa shape index (κ2) is 5.61. The Morgan fingerprint density at radius 2 is 1.85 bits per heavy atom. The third kappa shape index (κ3) is 2.53. The molecule has 3 rings (SSSR count). The maximum absolute atomic E-state index is 9.10. The average Bonchev–Trinajstić information content (AvgIpc) is 2.50. The number of aliphatic hydroxyl groups excluding tert-OH is 1. The van der Waals surface area contributed by atoms with Crippen LogP contribution >= 0.6 is 15.9 Å². The van der Waals surface area contributed by atoms with E-state index in [9.17, 15) is 0 Å². The fraction of sp³-hybridized carbons (Fsp3) is 0.0625. The highest BCUT2D eigenvalue weighted by Crippen LogP contribution is 2.35. The molecule has 0 atom stereocenters. The number of aromatic nitrogens is 1. The zero-order chi connectivity index (χ0) is 13.9. The molecule has 0 saturated carbocycles. The van der Waals surface area contributed by atoms with Crippen LogP contribution in [0, 0.1) is 0 Å². The molecule has 0 spiro atoms. The van der Waals surface area contributed by atoms with E-state index in [2.05, 4.69) is 27.0 Å². The number of pyridine rings is 1. The number of rotatable bonds is 3. The Morgan fingerprint density at radius 3 is 2.70 bits per heavy atom. The summed E-state index contributed by atoms with van der Waals surface area (Å²) in [5.41, 5.74) is 0.583. The molecule has 1 aromatic heterocycles. The standard InChI is InChI=1S/C16H12BrNO2/c17-16-13-6-2-1-4-11(13)8-9-14(16)20-15-7-3-5-12(10-19)18-15/h1-9,19H,10H2. The molecule has 0 aliphatic carbocycles. The molecule has 1 N–H and O–H groups in total. The normalized spacial score (nSPS) is 10.7. The maximum Gasteiger partial charge on any atom is 0.219 e. The SMILES string of the molecule is OCc1cccc(Oc2ccc3ccccc3c2Br)n1. The highest BCUT2D eigenvalue weighted by atomic mass is 79.9. The van der Waals surface area contributed by atoms with Gasteiger partial charge in [-0.25, -0.2) is 4.98 Å². The van der Waals surface area contributed by atoms with Gasteiger partial charge in [-0.2, -0.15) is 0 Å². The van der Waals surface area contributed by atoms with Crippen molar-refractivity contribution in [3.05, 3.63) is 64.8 Å². The molecule has 20 heavy (non-hydrogen) atoms. The summed E-state index contributed by atoms with van der Waals surface area (Å²) in [6.45, 7) is -0.101. The van der Waals surface area contributed by atoms with E-state index in [4.69, 9.17) is 9.84 Å². The number of benzene rings is 2. The van der Waals surface area contributed by atoms with Gasteiger partial charge in [0, 0.05) is 6.07 Å². The maximum atomic E-state index is 9.10. The second-order valence-corrected chi connectivity index (χ2v) is 5.12. The van der Waals surface area contributed by atoms with Crippen LogP contribution < -0.4 is 4.74 Å². The summed E-state index contributed by atoms with van der Waals surface area (Å²) in [6, 6.07) is 17.3. The van der Waals surface area contributed by atoms with E-state index >= 15 is 0 Å². The van der Waals surface area contributed by atoms with Gasteiger partial charge in [0.25, 0.3) is 0 Å². The molecule has 4 heteroatoms. The lowest BCUT2D eigenvalue weighted by atomic mass is 10.1. The Hall–Kier alpha value is -1.91. The Morgan fingerprint density at radius 1 is 1.00 bits per heavy atom. The van der Waals surface area contributed by atoms with Crippen molar-refractivity contribution < 1.29 is 9.84 Å². The monoisotopic (exact) mass is 329 g/mol. The van der Waals surface area contributed by atoms with Crippen molar-refractivity contribution in [2.24, 2.45) is 0 Å². The van der Waals surface area contributed by atoms with Crippen molar-refractivity contribution in [1.82, 2.24) is 4.98 Å². The topological polar surface area (TPSA) is 42.4 Å². The lowest BCUT2D eigenvalue weighted by Gasteiger charge is -2.09. The molecule has 3 aromatic rings. The van der Waals surface area contributed by atoms with Crippen molar-refractivity contribution in [1.29, 1.82) is 0 Å². The first-order valence-corrected chi connectivity index (χ1v) is 6.99. The average molecular weight is 330 g/mol. The molecule has 100 valence electrons. The van der Waals surface area contributed by atoms with Gasteiger partial charge in [-0.15, -0.1) is 0 Å². The summed E-state index contributed by atoms with van der Waals surface area (Å²) >= 11 is 3.57. The molecule has 0 unspecified atom stereocenters. The van der Waals surface area contributed by atoms with Gasteiger partial charge in [0.05, 0.1) is 16.8 Å². The smallest absolute Gasteiger partial charge is 0.219 e. The van der Waals surface area contributed by atoms with Crippen LogP contribution in [0.15, 0.2) is 59.1 Å². The lowest BCUT2D eigenvalue weighted by Crippen LogP contribution is -1.93. The van der Waals surface area contributed by atoms with Crippen molar-refractivity contribution in [2.75, 3.05) is 0 Å². The van der Waals surface area contributed by atoms with E-state index in [-0.39, 0.29) is 6.61 Å². The van der Waals surface area contributed by atoms with Crippen LogP contribution in [0.3, 0.4) is 0 Å². The van der Waals surface area contributed by atoms with E-state index in [1.807, 2.05) is 36.4 Å². The van der Waals surface area contributed by atoms with Gasteiger partial charge in [0.2, 0.25) is 5.88 Å². The Balaban J connectivity index is 2.00. The van der Waals surface area contributed by atoms with E-state index in [1.165, 1.54) is 0 Å². The molecule has 0 fully saturated rings. The summed E-state index contributed by atoms with van der Waals surface area (Å²) in [6.07, 6.45) is 0. The van der Waals surface area contributed by atoms with Gasteiger partial charge in [0.1, 0.15) is 5.75 Å². The largest absolute Gasteiger partial charge is 0.438 e. The van der Waals surface area contributed by atoms with Gasteiger partial charge in [-0.3, -0.25) is 0 Å². The zero-order valence-corrected chi connectivity index (χ0v) is 12.2. The number of ether oxygens (including phenoxy) is 1. The zero-order valence-electron chi connectivity index (χ0n) is 10.6. The van der Waals surface area contributed by atoms with Crippen LogP contribution in [0.1, 0.15) is 5.69 Å². The second-order valence-electron chi connectivity index (χ2n) is 4.33. The number of fused-ring (bicyclic) bond motifs is 1. The highest BCUT2D eigenvalue weighted by Gasteiger charge is 2.08. The van der Waals surface area contributed by atoms with E-state index in [0.717, 1.165) is 15.2 Å². The number of hydrogen-bond donors (Lipinski definition) is 1. The summed E-state index contributed by atoms with van der Waals surface area (Å²) in [5.74, 6) is 1.17. The van der Waals surface area contributed by atoms with Crippen LogP contribution in [0.2, 0.25) is 0 Å². The highest BCUT2D eigenvalue weighted by molar-refractivity contribution is 9.10. The fourth-order valence-corrected chi connectivity index (χ4v) is 2.58. The minimum Gasteiger partial charge on any atom is -0.438 e. The summed E-state index contributed by atoms with van der Waals surface area (Å²) in [5, 5.41) is 11.3. The van der Waals surface area contributed by atoms with E-state index < -0.39 is 0 Å². The first-order valence-electron chi connectivity index (χ1n) is 6.20. The summed E-state index contributed by atoms with van der Waals surface area (Å²) < 4.78 is 6.69. The molecule has 0 saturated heterocycles. The molecule has 2 aromatic carbocycles. The molecular weight excluding hydrogens is 318 g/mol. The summed E-state index contributed by atoms with van der Waals surface area (Å²) in [4.78, 5) is 4.21. The molecule has 0 aliphatic rings. The predicted octanol–water partition coefficient (Wildman–Crippen LogP) is 4.28. The van der Waals surface area contributed by atoms with E-state index in [1.54, 1.807) is 12.1 Å². The van der Waals surface area contributed by atoms with Gasteiger partial charge >= 0.3 is 0 Å². The van der Waals surface area contributed by atoms with Gasteiger partial charge in [-0.05, 0) is 38.8 Å². The van der Waals surface area contributed by atoms with Gasteiger partial charge < -0.3 is 9.84 Å². The molecule has 1 heterocycles. The molecular formula is C16H12BrNO2. The minimum absolute atomic E-state index is 0.101. The Bertz CT molecular complexity index is 758. The first kappa shape index (κ1) is 13.1. The lowest BCUT2D eigenvalue weighted by molar-refractivity contribution is 0.275. The number of hydrogen-bond acceptors (Lipinski definition) is 3. The first-order chi connectivity index (χ1) is 9.78. The van der Waals surface area contributed by atoms with Crippen molar-refractivity contribution >= 4 is 26.7 Å². The Kier molecular flexibility index (Phi) is 3.67. The predicted molar refractivity (Wildman–Crippen MR) is 81.9 cm³/mol. The number of aliphatic hydroxyl groups is 1. The van der Waals surface area contributed by atoms with E-state index in [0.29, 0.717) is 17.3 Å². The Labute approximate surface area is 125 Å². The molecule has 0 bridgehead atoms. The molecule has 0 aliphatic heterocycles. The molecule has 0 radical (unpaired) electrons. The molecule has 3 nitrogen and oxygen atoms in total. The molecule has 0 amide bonds. The van der Waals surface area contributed by atoms with Crippen LogP contribution in [-0.2, 0) is 6.61 Å². The minimum atomic E-state index is -0.101. The van der Waals surface area contributed by atoms with Crippen LogP contribution in [0.25, 0.3) is 10.8 Å².